The van der Waals surface area contributed by atoms with Crippen LogP contribution in [0.3, 0.4) is 0 Å². The molecule has 2 saturated heterocycles. The molecule has 1 amide bonds. The molecule has 0 radical (unpaired) electrons. The normalized spacial score (nSPS) is 21.9. The minimum atomic E-state index is -0.180. The fraction of sp³-hybridized carbons (Fsp3) is 0.632. The molecule has 5 nitrogen and oxygen atoms in total. The zero-order chi connectivity index (χ0) is 16.9. The van der Waals surface area contributed by atoms with Crippen molar-refractivity contribution in [3.8, 4) is 0 Å². The number of hydrogen-bond acceptors (Lipinski definition) is 4. The van der Waals surface area contributed by atoms with Crippen LogP contribution >= 0.6 is 0 Å². The van der Waals surface area contributed by atoms with E-state index in [1.54, 1.807) is 0 Å². The molecule has 1 unspecified atom stereocenters. The Hall–Kier alpha value is -1.43. The SMILES string of the molecule is CC(C)N1CCN(C(=O)C(c2ccccc2)N2CCOCC2)CC1. The van der Waals surface area contributed by atoms with Crippen LogP contribution < -0.4 is 0 Å². The number of carbonyl (C=O) groups excluding carboxylic acids is 1. The van der Waals surface area contributed by atoms with Crippen molar-refractivity contribution in [3.05, 3.63) is 35.9 Å². The molecule has 3 rings (SSSR count). The first-order valence-corrected chi connectivity index (χ1v) is 9.06. The van der Waals surface area contributed by atoms with Gasteiger partial charge in [0.15, 0.2) is 0 Å². The number of ether oxygens (including phenoxy) is 1. The minimum Gasteiger partial charge on any atom is -0.379 e. The second-order valence-electron chi connectivity index (χ2n) is 6.92. The quantitative estimate of drug-likeness (QED) is 0.840. The molecule has 2 fully saturated rings. The van der Waals surface area contributed by atoms with Crippen molar-refractivity contribution < 1.29 is 9.53 Å². The van der Waals surface area contributed by atoms with Crippen molar-refractivity contribution in [2.45, 2.75) is 25.9 Å². The molecular formula is C19H29N3O2. The smallest absolute Gasteiger partial charge is 0.244 e. The van der Waals surface area contributed by atoms with Gasteiger partial charge in [-0.05, 0) is 19.4 Å². The molecule has 132 valence electrons. The van der Waals surface area contributed by atoms with Gasteiger partial charge >= 0.3 is 0 Å². The Morgan fingerprint density at radius 2 is 1.54 bits per heavy atom. The second kappa shape index (κ2) is 8.10. The minimum absolute atomic E-state index is 0.180. The number of benzene rings is 1. The lowest BCUT2D eigenvalue weighted by Crippen LogP contribution is -2.54. The van der Waals surface area contributed by atoms with Gasteiger partial charge in [-0.25, -0.2) is 0 Å². The molecule has 0 aromatic heterocycles. The number of carbonyl (C=O) groups is 1. The molecule has 2 aliphatic rings. The van der Waals surface area contributed by atoms with Crippen LogP contribution in [0.15, 0.2) is 30.3 Å². The Balaban J connectivity index is 1.74. The Bertz CT molecular complexity index is 521. The van der Waals surface area contributed by atoms with Crippen molar-refractivity contribution in [1.29, 1.82) is 0 Å². The lowest BCUT2D eigenvalue weighted by atomic mass is 10.0. The lowest BCUT2D eigenvalue weighted by Gasteiger charge is -2.41. The van der Waals surface area contributed by atoms with Gasteiger partial charge in [0.05, 0.1) is 13.2 Å². The van der Waals surface area contributed by atoms with Crippen molar-refractivity contribution in [2.75, 3.05) is 52.5 Å². The monoisotopic (exact) mass is 331 g/mol. The van der Waals surface area contributed by atoms with Crippen LogP contribution in [0.5, 0.6) is 0 Å². The fourth-order valence-corrected chi connectivity index (χ4v) is 3.61. The molecule has 0 N–H and O–H groups in total. The van der Waals surface area contributed by atoms with Crippen molar-refractivity contribution in [3.63, 3.8) is 0 Å². The summed E-state index contributed by atoms with van der Waals surface area (Å²) in [6.45, 7) is 11.1. The number of rotatable bonds is 4. The second-order valence-corrected chi connectivity index (χ2v) is 6.92. The summed E-state index contributed by atoms with van der Waals surface area (Å²) < 4.78 is 5.48. The molecule has 1 aromatic carbocycles. The summed E-state index contributed by atoms with van der Waals surface area (Å²) in [7, 11) is 0. The van der Waals surface area contributed by atoms with E-state index in [2.05, 4.69) is 35.8 Å². The summed E-state index contributed by atoms with van der Waals surface area (Å²) in [6.07, 6.45) is 0. The summed E-state index contributed by atoms with van der Waals surface area (Å²) in [5.74, 6) is 0.242. The Morgan fingerprint density at radius 1 is 0.917 bits per heavy atom. The average molecular weight is 331 g/mol. The van der Waals surface area contributed by atoms with Crippen LogP contribution in [-0.2, 0) is 9.53 Å². The molecule has 24 heavy (non-hydrogen) atoms. The molecule has 1 aromatic rings. The number of hydrogen-bond donors (Lipinski definition) is 0. The molecule has 5 heteroatoms. The maximum absolute atomic E-state index is 13.3. The van der Waals surface area contributed by atoms with Crippen LogP contribution in [-0.4, -0.2) is 79.1 Å². The van der Waals surface area contributed by atoms with E-state index in [0.717, 1.165) is 44.8 Å². The van der Waals surface area contributed by atoms with Gasteiger partial charge in [0.25, 0.3) is 0 Å². The van der Waals surface area contributed by atoms with Gasteiger partial charge in [0, 0.05) is 45.3 Å². The highest BCUT2D eigenvalue weighted by Gasteiger charge is 2.33. The first-order valence-electron chi connectivity index (χ1n) is 9.06. The van der Waals surface area contributed by atoms with Crippen molar-refractivity contribution >= 4 is 5.91 Å². The first kappa shape index (κ1) is 17.4. The summed E-state index contributed by atoms with van der Waals surface area (Å²) >= 11 is 0. The van der Waals surface area contributed by atoms with Gasteiger partial charge < -0.3 is 9.64 Å². The lowest BCUT2D eigenvalue weighted by molar-refractivity contribution is -0.141. The maximum atomic E-state index is 13.3. The van der Waals surface area contributed by atoms with E-state index in [1.165, 1.54) is 0 Å². The van der Waals surface area contributed by atoms with Gasteiger partial charge in [0.1, 0.15) is 6.04 Å². The van der Waals surface area contributed by atoms with Crippen LogP contribution in [0.25, 0.3) is 0 Å². The number of amides is 1. The van der Waals surface area contributed by atoms with E-state index in [9.17, 15) is 4.79 Å². The highest BCUT2D eigenvalue weighted by Crippen LogP contribution is 2.25. The van der Waals surface area contributed by atoms with Gasteiger partial charge in [-0.1, -0.05) is 30.3 Å². The van der Waals surface area contributed by atoms with Gasteiger partial charge in [-0.3, -0.25) is 14.6 Å². The van der Waals surface area contributed by atoms with Crippen LogP contribution in [0.2, 0.25) is 0 Å². The van der Waals surface area contributed by atoms with Crippen LogP contribution in [0, 0.1) is 0 Å². The molecule has 0 aliphatic carbocycles. The number of morpholine rings is 1. The van der Waals surface area contributed by atoms with Gasteiger partial charge in [0.2, 0.25) is 5.91 Å². The fourth-order valence-electron chi connectivity index (χ4n) is 3.61. The van der Waals surface area contributed by atoms with Crippen LogP contribution in [0.4, 0.5) is 0 Å². The molecule has 2 heterocycles. The van der Waals surface area contributed by atoms with E-state index in [0.29, 0.717) is 19.3 Å². The van der Waals surface area contributed by atoms with E-state index in [-0.39, 0.29) is 11.9 Å². The third kappa shape index (κ3) is 3.97. The molecular weight excluding hydrogens is 302 g/mol. The number of piperazine rings is 1. The van der Waals surface area contributed by atoms with Crippen molar-refractivity contribution in [2.24, 2.45) is 0 Å². The third-order valence-electron chi connectivity index (χ3n) is 5.12. The number of nitrogens with zero attached hydrogens (tertiary/aromatic N) is 3. The predicted octanol–water partition coefficient (Wildman–Crippen LogP) is 1.61. The maximum Gasteiger partial charge on any atom is 0.244 e. The van der Waals surface area contributed by atoms with Crippen molar-refractivity contribution in [1.82, 2.24) is 14.7 Å². The summed E-state index contributed by atoms with van der Waals surface area (Å²) in [5.41, 5.74) is 1.09. The van der Waals surface area contributed by atoms with E-state index in [4.69, 9.17) is 4.74 Å². The highest BCUT2D eigenvalue weighted by molar-refractivity contribution is 5.83. The van der Waals surface area contributed by atoms with Gasteiger partial charge in [-0.2, -0.15) is 0 Å². The average Bonchev–Trinajstić information content (AvgIpc) is 2.64. The largest absolute Gasteiger partial charge is 0.379 e. The Kier molecular flexibility index (Phi) is 5.87. The topological polar surface area (TPSA) is 36.0 Å². The standard InChI is InChI=1S/C19H29N3O2/c1-16(2)20-8-10-22(11-9-20)19(23)18(17-6-4-3-5-7-17)21-12-14-24-15-13-21/h3-7,16,18H,8-15H2,1-2H3. The van der Waals surface area contributed by atoms with E-state index >= 15 is 0 Å². The summed E-state index contributed by atoms with van der Waals surface area (Å²) in [4.78, 5) is 20.1. The highest BCUT2D eigenvalue weighted by atomic mass is 16.5. The zero-order valence-corrected chi connectivity index (χ0v) is 14.9. The Labute approximate surface area is 145 Å². The molecule has 0 bridgehead atoms. The molecule has 1 atom stereocenters. The first-order chi connectivity index (χ1) is 11.7. The summed E-state index contributed by atoms with van der Waals surface area (Å²) in [5, 5.41) is 0. The zero-order valence-electron chi connectivity index (χ0n) is 14.9. The van der Waals surface area contributed by atoms with Gasteiger partial charge in [-0.15, -0.1) is 0 Å². The Morgan fingerprint density at radius 3 is 2.12 bits per heavy atom. The van der Waals surface area contributed by atoms with Crippen LogP contribution in [0.1, 0.15) is 25.5 Å². The predicted molar refractivity (Wildman–Crippen MR) is 94.9 cm³/mol. The molecule has 2 aliphatic heterocycles. The van der Waals surface area contributed by atoms with E-state index in [1.807, 2.05) is 23.1 Å². The van der Waals surface area contributed by atoms with E-state index < -0.39 is 0 Å². The third-order valence-corrected chi connectivity index (χ3v) is 5.12. The molecule has 0 spiro atoms. The summed E-state index contributed by atoms with van der Waals surface area (Å²) in [6, 6.07) is 10.6. The molecule has 0 saturated carbocycles.